The van der Waals surface area contributed by atoms with Crippen LogP contribution in [0.15, 0.2) is 60.4 Å². The lowest BCUT2D eigenvalue weighted by atomic mass is 9.78. The van der Waals surface area contributed by atoms with E-state index in [0.29, 0.717) is 5.75 Å². The highest BCUT2D eigenvalue weighted by atomic mass is 16.5. The Labute approximate surface area is 135 Å². The van der Waals surface area contributed by atoms with Gasteiger partial charge in [-0.3, -0.25) is 0 Å². The first-order valence-electron chi connectivity index (χ1n) is 7.27. The van der Waals surface area contributed by atoms with Crippen LogP contribution in [0.3, 0.4) is 0 Å². The molecule has 0 radical (unpaired) electrons. The van der Waals surface area contributed by atoms with E-state index in [9.17, 15) is 9.90 Å². The molecular formula is C19H20O4. The number of phenolic OH excluding ortho intramolecular Hbond substituents is 1. The Morgan fingerprint density at radius 1 is 1.00 bits per heavy atom. The lowest BCUT2D eigenvalue weighted by Gasteiger charge is -2.26. The average Bonchev–Trinajstić information content (AvgIpc) is 2.53. The number of carboxylic acids is 1. The predicted octanol–water partition coefficient (Wildman–Crippen LogP) is 4.09. The van der Waals surface area contributed by atoms with E-state index in [2.05, 4.69) is 13.8 Å². The Hall–Kier alpha value is -2.75. The van der Waals surface area contributed by atoms with Crippen LogP contribution in [0.2, 0.25) is 0 Å². The maximum atomic E-state index is 10.7. The molecule has 0 aliphatic heterocycles. The summed E-state index contributed by atoms with van der Waals surface area (Å²) in [5, 5.41) is 18.2. The molecule has 4 nitrogen and oxygen atoms in total. The Balaban J connectivity index is 2.19. The molecule has 0 unspecified atom stereocenters. The van der Waals surface area contributed by atoms with Gasteiger partial charge < -0.3 is 14.9 Å². The summed E-state index contributed by atoms with van der Waals surface area (Å²) in [5.41, 5.74) is 2.09. The summed E-state index contributed by atoms with van der Waals surface area (Å²) in [6.07, 6.45) is 1.22. The molecule has 120 valence electrons. The minimum atomic E-state index is -1.00. The molecule has 0 amide bonds. The number of phenols is 1. The lowest BCUT2D eigenvalue weighted by molar-refractivity contribution is -0.132. The van der Waals surface area contributed by atoms with Gasteiger partial charge in [0.15, 0.2) is 0 Å². The molecule has 4 heteroatoms. The first-order chi connectivity index (χ1) is 10.8. The lowest BCUT2D eigenvalue weighted by Crippen LogP contribution is -2.18. The molecule has 0 heterocycles. The van der Waals surface area contributed by atoms with Gasteiger partial charge in [-0.1, -0.05) is 38.1 Å². The topological polar surface area (TPSA) is 66.8 Å². The third kappa shape index (κ3) is 3.92. The second-order valence-electron chi connectivity index (χ2n) is 5.92. The molecule has 0 saturated heterocycles. The monoisotopic (exact) mass is 312 g/mol. The smallest absolute Gasteiger partial charge is 0.334 e. The van der Waals surface area contributed by atoms with Crippen molar-refractivity contribution in [3.8, 4) is 11.5 Å². The summed E-state index contributed by atoms with van der Waals surface area (Å²) in [7, 11) is 0. The molecule has 0 spiro atoms. The number of hydrogen-bond acceptors (Lipinski definition) is 3. The Morgan fingerprint density at radius 2 is 1.48 bits per heavy atom. The maximum absolute atomic E-state index is 10.7. The highest BCUT2D eigenvalue weighted by Gasteiger charge is 2.22. The molecule has 2 aromatic carbocycles. The van der Waals surface area contributed by atoms with Crippen LogP contribution in [0.25, 0.3) is 0 Å². The van der Waals surface area contributed by atoms with Gasteiger partial charge in [0.1, 0.15) is 17.8 Å². The van der Waals surface area contributed by atoms with E-state index in [1.165, 1.54) is 13.2 Å². The molecule has 0 saturated carbocycles. The van der Waals surface area contributed by atoms with Crippen LogP contribution in [0, 0.1) is 0 Å². The first kappa shape index (κ1) is 16.6. The van der Waals surface area contributed by atoms with Gasteiger partial charge in [-0.2, -0.15) is 0 Å². The zero-order valence-corrected chi connectivity index (χ0v) is 13.4. The van der Waals surface area contributed by atoms with Gasteiger partial charge in [0.05, 0.1) is 5.57 Å². The Morgan fingerprint density at radius 3 is 1.96 bits per heavy atom. The van der Waals surface area contributed by atoms with E-state index in [1.54, 1.807) is 12.1 Å². The second-order valence-corrected chi connectivity index (χ2v) is 5.92. The Kier molecular flexibility index (Phi) is 4.74. The van der Waals surface area contributed by atoms with Gasteiger partial charge in [0, 0.05) is 5.41 Å². The number of carbonyl (C=O) groups is 1. The van der Waals surface area contributed by atoms with E-state index < -0.39 is 5.97 Å². The van der Waals surface area contributed by atoms with Crippen molar-refractivity contribution in [2.24, 2.45) is 0 Å². The van der Waals surface area contributed by atoms with E-state index in [-0.39, 0.29) is 16.7 Å². The molecule has 0 aliphatic rings. The number of aromatic hydroxyl groups is 1. The number of ether oxygens (including phenoxy) is 1. The van der Waals surface area contributed by atoms with Gasteiger partial charge in [-0.25, -0.2) is 4.79 Å². The third-order valence-electron chi connectivity index (χ3n) is 3.87. The molecule has 0 atom stereocenters. The van der Waals surface area contributed by atoms with E-state index in [0.717, 1.165) is 11.1 Å². The minimum Gasteiger partial charge on any atom is -0.508 e. The fourth-order valence-electron chi connectivity index (χ4n) is 2.20. The largest absolute Gasteiger partial charge is 0.508 e. The summed E-state index contributed by atoms with van der Waals surface area (Å²) < 4.78 is 5.34. The van der Waals surface area contributed by atoms with Crippen LogP contribution < -0.4 is 4.74 Å². The number of rotatable bonds is 5. The SMILES string of the molecule is CC(=COc1ccc(C(C)(C)c2ccc(O)cc2)cc1)C(=O)O. The van der Waals surface area contributed by atoms with Crippen LogP contribution in [-0.4, -0.2) is 16.2 Å². The minimum absolute atomic E-state index is 0.137. The average molecular weight is 312 g/mol. The van der Waals surface area contributed by atoms with Gasteiger partial charge in [-0.15, -0.1) is 0 Å². The van der Waals surface area contributed by atoms with Crippen LogP contribution in [0.4, 0.5) is 0 Å². The van der Waals surface area contributed by atoms with Gasteiger partial charge in [0.25, 0.3) is 0 Å². The zero-order chi connectivity index (χ0) is 17.0. The fraction of sp³-hybridized carbons (Fsp3) is 0.211. The number of benzene rings is 2. The first-order valence-corrected chi connectivity index (χ1v) is 7.27. The van der Waals surface area contributed by atoms with Crippen molar-refractivity contribution in [2.45, 2.75) is 26.2 Å². The van der Waals surface area contributed by atoms with Crippen molar-refractivity contribution in [3.05, 3.63) is 71.5 Å². The van der Waals surface area contributed by atoms with E-state index >= 15 is 0 Å². The standard InChI is InChI=1S/C19H20O4/c1-13(18(21)22)12-23-17-10-6-15(7-11-17)19(2,3)14-4-8-16(20)9-5-14/h4-12,20H,1-3H3,(H,21,22). The molecule has 23 heavy (non-hydrogen) atoms. The van der Waals surface area contributed by atoms with Gasteiger partial charge in [0.2, 0.25) is 0 Å². The molecule has 2 aromatic rings. The van der Waals surface area contributed by atoms with Crippen molar-refractivity contribution >= 4 is 5.97 Å². The summed E-state index contributed by atoms with van der Waals surface area (Å²) in [6.45, 7) is 5.68. The second kappa shape index (κ2) is 6.57. The Bertz CT molecular complexity index is 710. The van der Waals surface area contributed by atoms with Crippen LogP contribution >= 0.6 is 0 Å². The van der Waals surface area contributed by atoms with Crippen molar-refractivity contribution in [2.75, 3.05) is 0 Å². The van der Waals surface area contributed by atoms with Crippen LogP contribution in [0.5, 0.6) is 11.5 Å². The fourth-order valence-corrected chi connectivity index (χ4v) is 2.20. The summed E-state index contributed by atoms with van der Waals surface area (Å²) in [5.74, 6) is -0.181. The number of hydrogen-bond donors (Lipinski definition) is 2. The van der Waals surface area contributed by atoms with Crippen LogP contribution in [0.1, 0.15) is 31.9 Å². The third-order valence-corrected chi connectivity index (χ3v) is 3.87. The normalized spacial score (nSPS) is 12.0. The molecule has 0 fully saturated rings. The predicted molar refractivity (Wildman–Crippen MR) is 88.7 cm³/mol. The van der Waals surface area contributed by atoms with E-state index in [1.807, 2.05) is 36.4 Å². The molecule has 0 aliphatic carbocycles. The number of carboxylic acid groups (broad SMARTS) is 1. The summed E-state index contributed by atoms with van der Waals surface area (Å²) in [4.78, 5) is 10.7. The zero-order valence-electron chi connectivity index (χ0n) is 13.4. The van der Waals surface area contributed by atoms with Crippen molar-refractivity contribution < 1.29 is 19.7 Å². The van der Waals surface area contributed by atoms with Crippen molar-refractivity contribution in [3.63, 3.8) is 0 Å². The van der Waals surface area contributed by atoms with Crippen molar-refractivity contribution in [1.29, 1.82) is 0 Å². The molecule has 2 N–H and O–H groups in total. The van der Waals surface area contributed by atoms with Crippen molar-refractivity contribution in [1.82, 2.24) is 0 Å². The quantitative estimate of drug-likeness (QED) is 0.645. The van der Waals surface area contributed by atoms with Gasteiger partial charge in [-0.05, 0) is 42.3 Å². The molecular weight excluding hydrogens is 292 g/mol. The summed E-state index contributed by atoms with van der Waals surface area (Å²) >= 11 is 0. The maximum Gasteiger partial charge on any atom is 0.334 e. The molecule has 0 bridgehead atoms. The highest BCUT2D eigenvalue weighted by Crippen LogP contribution is 2.33. The molecule has 0 aromatic heterocycles. The molecule has 2 rings (SSSR count). The highest BCUT2D eigenvalue weighted by molar-refractivity contribution is 5.85. The number of aliphatic carboxylic acids is 1. The van der Waals surface area contributed by atoms with Gasteiger partial charge >= 0.3 is 5.97 Å². The van der Waals surface area contributed by atoms with Crippen LogP contribution in [-0.2, 0) is 10.2 Å². The van der Waals surface area contributed by atoms with E-state index in [4.69, 9.17) is 9.84 Å². The summed E-state index contributed by atoms with van der Waals surface area (Å²) in [6, 6.07) is 14.7.